The SMILES string of the molecule is CN(c1ccccc1)C(CCC=O)C(N)=CO. The fourth-order valence-electron chi connectivity index (χ4n) is 1.74. The first-order chi connectivity index (χ1) is 8.20. The zero-order valence-corrected chi connectivity index (χ0v) is 9.91. The van der Waals surface area contributed by atoms with Crippen LogP contribution in [0.15, 0.2) is 42.3 Å². The Kier molecular flexibility index (Phi) is 5.07. The summed E-state index contributed by atoms with van der Waals surface area (Å²) in [5, 5.41) is 9.00. The monoisotopic (exact) mass is 234 g/mol. The number of para-hydroxylation sites is 1. The smallest absolute Gasteiger partial charge is 0.120 e. The first kappa shape index (κ1) is 13.1. The summed E-state index contributed by atoms with van der Waals surface area (Å²) in [5.74, 6) is 0. The number of hydrogen-bond donors (Lipinski definition) is 2. The largest absolute Gasteiger partial charge is 0.514 e. The molecule has 0 saturated heterocycles. The van der Waals surface area contributed by atoms with Crippen molar-refractivity contribution in [2.24, 2.45) is 5.73 Å². The number of aliphatic hydroxyl groups is 1. The van der Waals surface area contributed by atoms with Crippen LogP contribution in [0, 0.1) is 0 Å². The second-order valence-electron chi connectivity index (χ2n) is 3.84. The number of likely N-dealkylation sites (N-methyl/N-ethyl adjacent to an activating group) is 1. The summed E-state index contributed by atoms with van der Waals surface area (Å²) in [6.45, 7) is 0. The normalized spacial score (nSPS) is 13.1. The second-order valence-corrected chi connectivity index (χ2v) is 3.84. The van der Waals surface area contributed by atoms with Crippen LogP contribution in [0.2, 0.25) is 0 Å². The minimum atomic E-state index is -0.174. The average molecular weight is 234 g/mol. The fourth-order valence-corrected chi connectivity index (χ4v) is 1.74. The summed E-state index contributed by atoms with van der Waals surface area (Å²) >= 11 is 0. The van der Waals surface area contributed by atoms with Crippen LogP contribution in [-0.4, -0.2) is 24.5 Å². The van der Waals surface area contributed by atoms with Crippen molar-refractivity contribution in [1.29, 1.82) is 0 Å². The van der Waals surface area contributed by atoms with Crippen molar-refractivity contribution in [3.8, 4) is 0 Å². The lowest BCUT2D eigenvalue weighted by molar-refractivity contribution is -0.107. The number of benzene rings is 1. The van der Waals surface area contributed by atoms with Crippen LogP contribution in [-0.2, 0) is 4.79 Å². The molecule has 0 aromatic heterocycles. The van der Waals surface area contributed by atoms with Crippen LogP contribution < -0.4 is 10.6 Å². The van der Waals surface area contributed by atoms with E-state index in [1.165, 1.54) is 0 Å². The van der Waals surface area contributed by atoms with Gasteiger partial charge in [-0.1, -0.05) is 18.2 Å². The fraction of sp³-hybridized carbons (Fsp3) is 0.308. The molecular formula is C13H18N2O2. The minimum Gasteiger partial charge on any atom is -0.514 e. The highest BCUT2D eigenvalue weighted by Crippen LogP contribution is 2.19. The van der Waals surface area contributed by atoms with Gasteiger partial charge in [-0.15, -0.1) is 0 Å². The number of aliphatic hydroxyl groups excluding tert-OH is 1. The molecule has 0 aliphatic heterocycles. The van der Waals surface area contributed by atoms with Crippen LogP contribution in [0.25, 0.3) is 0 Å². The van der Waals surface area contributed by atoms with E-state index in [1.807, 2.05) is 42.3 Å². The third kappa shape index (κ3) is 3.52. The summed E-state index contributed by atoms with van der Waals surface area (Å²) in [4.78, 5) is 12.4. The highest BCUT2D eigenvalue weighted by atomic mass is 16.2. The highest BCUT2D eigenvalue weighted by Gasteiger charge is 2.17. The van der Waals surface area contributed by atoms with E-state index in [0.717, 1.165) is 18.2 Å². The molecule has 3 N–H and O–H groups in total. The lowest BCUT2D eigenvalue weighted by Crippen LogP contribution is -2.36. The van der Waals surface area contributed by atoms with Gasteiger partial charge < -0.3 is 20.5 Å². The van der Waals surface area contributed by atoms with Gasteiger partial charge in [0, 0.05) is 19.2 Å². The maximum absolute atomic E-state index is 10.4. The van der Waals surface area contributed by atoms with Gasteiger partial charge in [0.05, 0.1) is 18.0 Å². The van der Waals surface area contributed by atoms with Crippen molar-refractivity contribution in [2.45, 2.75) is 18.9 Å². The molecule has 4 heteroatoms. The van der Waals surface area contributed by atoms with Crippen LogP contribution in [0.5, 0.6) is 0 Å². The molecule has 1 aromatic carbocycles. The lowest BCUT2D eigenvalue weighted by Gasteiger charge is -2.29. The summed E-state index contributed by atoms with van der Waals surface area (Å²) in [7, 11) is 1.89. The molecule has 0 aliphatic carbocycles. The molecule has 1 rings (SSSR count). The average Bonchev–Trinajstić information content (AvgIpc) is 2.39. The topological polar surface area (TPSA) is 66.6 Å². The molecule has 17 heavy (non-hydrogen) atoms. The third-order valence-electron chi connectivity index (χ3n) is 2.72. The van der Waals surface area contributed by atoms with Gasteiger partial charge >= 0.3 is 0 Å². The first-order valence-corrected chi connectivity index (χ1v) is 5.52. The van der Waals surface area contributed by atoms with Crippen LogP contribution >= 0.6 is 0 Å². The zero-order valence-electron chi connectivity index (χ0n) is 9.91. The van der Waals surface area contributed by atoms with E-state index >= 15 is 0 Å². The number of hydrogen-bond acceptors (Lipinski definition) is 4. The Hall–Kier alpha value is -1.97. The molecule has 1 atom stereocenters. The molecule has 1 aromatic rings. The van der Waals surface area contributed by atoms with Crippen molar-refractivity contribution >= 4 is 12.0 Å². The van der Waals surface area contributed by atoms with E-state index in [4.69, 9.17) is 10.8 Å². The molecule has 1 unspecified atom stereocenters. The predicted molar refractivity (Wildman–Crippen MR) is 68.8 cm³/mol. The van der Waals surface area contributed by atoms with Gasteiger partial charge in [-0.3, -0.25) is 0 Å². The van der Waals surface area contributed by atoms with Crippen LogP contribution in [0.1, 0.15) is 12.8 Å². The predicted octanol–water partition coefficient (Wildman–Crippen LogP) is 1.83. The number of nitrogens with zero attached hydrogens (tertiary/aromatic N) is 1. The molecule has 0 amide bonds. The summed E-state index contributed by atoms with van der Waals surface area (Å²) in [6, 6.07) is 9.54. The molecule has 0 radical (unpaired) electrons. The standard InChI is InChI=1S/C13H18N2O2/c1-15(11-6-3-2-4-7-11)13(8-5-9-16)12(14)10-17/h2-4,6-7,9-10,13,17H,5,8,14H2,1H3. The van der Waals surface area contributed by atoms with Gasteiger partial charge in [0.2, 0.25) is 0 Å². The van der Waals surface area contributed by atoms with Crippen LogP contribution in [0.4, 0.5) is 5.69 Å². The van der Waals surface area contributed by atoms with Gasteiger partial charge in [-0.25, -0.2) is 0 Å². The summed E-state index contributed by atoms with van der Waals surface area (Å²) in [6.07, 6.45) is 2.75. The van der Waals surface area contributed by atoms with E-state index in [2.05, 4.69) is 0 Å². The van der Waals surface area contributed by atoms with Crippen molar-refractivity contribution in [2.75, 3.05) is 11.9 Å². The lowest BCUT2D eigenvalue weighted by atomic mass is 10.1. The van der Waals surface area contributed by atoms with E-state index < -0.39 is 0 Å². The van der Waals surface area contributed by atoms with E-state index in [-0.39, 0.29) is 6.04 Å². The molecule has 0 bridgehead atoms. The molecule has 0 fully saturated rings. The Morgan fingerprint density at radius 1 is 1.47 bits per heavy atom. The first-order valence-electron chi connectivity index (χ1n) is 5.52. The Labute approximate surface area is 101 Å². The van der Waals surface area contributed by atoms with E-state index in [0.29, 0.717) is 18.5 Å². The highest BCUT2D eigenvalue weighted by molar-refractivity contribution is 5.51. The molecule has 0 saturated carbocycles. The van der Waals surface area contributed by atoms with Crippen molar-refractivity contribution in [3.05, 3.63) is 42.3 Å². The molecule has 0 heterocycles. The minimum absolute atomic E-state index is 0.174. The number of anilines is 1. The maximum atomic E-state index is 10.4. The number of nitrogens with two attached hydrogens (primary N) is 1. The van der Waals surface area contributed by atoms with Gasteiger partial charge in [0.1, 0.15) is 6.29 Å². The molecular weight excluding hydrogens is 216 g/mol. The number of carbonyl (C=O) groups is 1. The third-order valence-corrected chi connectivity index (χ3v) is 2.72. The quantitative estimate of drug-likeness (QED) is 0.582. The Morgan fingerprint density at radius 2 is 2.12 bits per heavy atom. The second kappa shape index (κ2) is 6.58. The summed E-state index contributed by atoms with van der Waals surface area (Å²) in [5.41, 5.74) is 7.10. The Balaban J connectivity index is 2.86. The van der Waals surface area contributed by atoms with Crippen LogP contribution in [0.3, 0.4) is 0 Å². The van der Waals surface area contributed by atoms with Gasteiger partial charge in [0.25, 0.3) is 0 Å². The molecule has 0 spiro atoms. The van der Waals surface area contributed by atoms with Crippen molar-refractivity contribution < 1.29 is 9.90 Å². The molecule has 4 nitrogen and oxygen atoms in total. The number of rotatable bonds is 6. The number of carbonyl (C=O) groups excluding carboxylic acids is 1. The van der Waals surface area contributed by atoms with E-state index in [1.54, 1.807) is 0 Å². The summed E-state index contributed by atoms with van der Waals surface area (Å²) < 4.78 is 0. The Bertz CT molecular complexity index is 376. The Morgan fingerprint density at radius 3 is 2.65 bits per heavy atom. The van der Waals surface area contributed by atoms with Crippen molar-refractivity contribution in [3.63, 3.8) is 0 Å². The maximum Gasteiger partial charge on any atom is 0.120 e. The number of aldehydes is 1. The van der Waals surface area contributed by atoms with E-state index in [9.17, 15) is 4.79 Å². The van der Waals surface area contributed by atoms with Gasteiger partial charge in [-0.2, -0.15) is 0 Å². The zero-order chi connectivity index (χ0) is 12.7. The molecule has 92 valence electrons. The van der Waals surface area contributed by atoms with Gasteiger partial charge in [0.15, 0.2) is 0 Å². The van der Waals surface area contributed by atoms with Gasteiger partial charge in [-0.05, 0) is 18.6 Å². The van der Waals surface area contributed by atoms with Crippen molar-refractivity contribution in [1.82, 2.24) is 0 Å². The molecule has 0 aliphatic rings.